The Kier molecular flexibility index (Phi) is 7.98. The minimum atomic E-state index is -0.499. The van der Waals surface area contributed by atoms with E-state index < -0.39 is 17.1 Å². The van der Waals surface area contributed by atoms with E-state index in [0.717, 1.165) is 33.1 Å². The third kappa shape index (κ3) is 5.92. The zero-order chi connectivity index (χ0) is 23.3. The molecule has 0 saturated carbocycles. The zero-order valence-corrected chi connectivity index (χ0v) is 20.3. The molecule has 3 rings (SSSR count). The highest BCUT2D eigenvalue weighted by atomic mass is 79.9. The molecule has 1 N–H and O–H groups in total. The highest BCUT2D eigenvalue weighted by Crippen LogP contribution is 2.34. The molecular weight excluding hydrogens is 496 g/mol. The summed E-state index contributed by atoms with van der Waals surface area (Å²) in [5.41, 5.74) is 1.28. The molecule has 2 aromatic carbocycles. The molecule has 9 heteroatoms. The van der Waals surface area contributed by atoms with Crippen molar-refractivity contribution >= 4 is 56.5 Å². The van der Waals surface area contributed by atoms with Crippen LogP contribution in [-0.4, -0.2) is 41.7 Å². The molecule has 1 aliphatic heterocycles. The molecule has 0 radical (unpaired) electrons. The second-order valence-corrected chi connectivity index (χ2v) is 8.92. The number of imide groups is 1. The van der Waals surface area contributed by atoms with E-state index in [-0.39, 0.29) is 17.6 Å². The molecular formula is C23H23BrN2O5S. The predicted molar refractivity (Wildman–Crippen MR) is 129 cm³/mol. The number of carbonyl (C=O) groups is 3. The van der Waals surface area contributed by atoms with Gasteiger partial charge in [-0.3, -0.25) is 19.3 Å². The number of hydrogen-bond acceptors (Lipinski definition) is 6. The second kappa shape index (κ2) is 10.7. The van der Waals surface area contributed by atoms with Crippen LogP contribution in [0.3, 0.4) is 0 Å². The predicted octanol–water partition coefficient (Wildman–Crippen LogP) is 5.31. The molecule has 0 spiro atoms. The SMILES string of the molecule is CC[C@H](C)Oc1ccc(/C=C2/SC(=O)N(CC(=O)Nc3ccc(OC)cc3)C2=O)cc1Br. The normalized spacial score (nSPS) is 15.8. The number of halogens is 1. The van der Waals surface area contributed by atoms with Crippen LogP contribution in [0.4, 0.5) is 10.5 Å². The van der Waals surface area contributed by atoms with Gasteiger partial charge < -0.3 is 14.8 Å². The zero-order valence-electron chi connectivity index (χ0n) is 17.9. The van der Waals surface area contributed by atoms with Gasteiger partial charge in [-0.25, -0.2) is 0 Å². The lowest BCUT2D eigenvalue weighted by Gasteiger charge is -2.14. The lowest BCUT2D eigenvalue weighted by atomic mass is 10.2. The molecule has 2 aromatic rings. The third-order valence-corrected chi connectivity index (χ3v) is 6.23. The minimum absolute atomic E-state index is 0.0812. The van der Waals surface area contributed by atoms with Crippen LogP contribution < -0.4 is 14.8 Å². The molecule has 1 fully saturated rings. The Morgan fingerprint density at radius 2 is 1.94 bits per heavy atom. The summed E-state index contributed by atoms with van der Waals surface area (Å²) in [6.07, 6.45) is 2.59. The van der Waals surface area contributed by atoms with Gasteiger partial charge in [0.2, 0.25) is 5.91 Å². The van der Waals surface area contributed by atoms with Gasteiger partial charge in [-0.2, -0.15) is 0 Å². The van der Waals surface area contributed by atoms with Crippen molar-refractivity contribution in [2.75, 3.05) is 19.0 Å². The minimum Gasteiger partial charge on any atom is -0.497 e. The Hall–Kier alpha value is -2.78. The smallest absolute Gasteiger partial charge is 0.294 e. The Bertz CT molecular complexity index is 1050. The molecule has 32 heavy (non-hydrogen) atoms. The summed E-state index contributed by atoms with van der Waals surface area (Å²) in [5, 5.41) is 2.19. The number of benzene rings is 2. The first-order valence-corrected chi connectivity index (χ1v) is 11.6. The molecule has 1 atom stereocenters. The Morgan fingerprint density at radius 3 is 2.56 bits per heavy atom. The number of carbonyl (C=O) groups excluding carboxylic acids is 3. The number of thioether (sulfide) groups is 1. The Labute approximate surface area is 199 Å². The van der Waals surface area contributed by atoms with Crippen LogP contribution in [0.1, 0.15) is 25.8 Å². The van der Waals surface area contributed by atoms with Gasteiger partial charge in [0, 0.05) is 5.69 Å². The van der Waals surface area contributed by atoms with Crippen molar-refractivity contribution in [2.24, 2.45) is 0 Å². The summed E-state index contributed by atoms with van der Waals surface area (Å²) in [4.78, 5) is 38.6. The van der Waals surface area contributed by atoms with E-state index in [4.69, 9.17) is 9.47 Å². The number of amides is 3. The van der Waals surface area contributed by atoms with Gasteiger partial charge >= 0.3 is 0 Å². The monoisotopic (exact) mass is 518 g/mol. The number of nitrogens with one attached hydrogen (secondary N) is 1. The largest absolute Gasteiger partial charge is 0.497 e. The second-order valence-electron chi connectivity index (χ2n) is 7.07. The van der Waals surface area contributed by atoms with Crippen LogP contribution in [0.2, 0.25) is 0 Å². The number of methoxy groups -OCH3 is 1. The fraction of sp³-hybridized carbons (Fsp3) is 0.261. The van der Waals surface area contributed by atoms with E-state index in [1.54, 1.807) is 37.5 Å². The molecule has 0 bridgehead atoms. The molecule has 3 amide bonds. The van der Waals surface area contributed by atoms with Crippen molar-refractivity contribution in [3.63, 3.8) is 0 Å². The number of ether oxygens (including phenoxy) is 2. The molecule has 0 unspecified atom stereocenters. The summed E-state index contributed by atoms with van der Waals surface area (Å²) in [6.45, 7) is 3.67. The lowest BCUT2D eigenvalue weighted by molar-refractivity contribution is -0.127. The Balaban J connectivity index is 1.66. The molecule has 7 nitrogen and oxygen atoms in total. The van der Waals surface area contributed by atoms with Crippen molar-refractivity contribution in [1.82, 2.24) is 4.90 Å². The fourth-order valence-electron chi connectivity index (χ4n) is 2.81. The van der Waals surface area contributed by atoms with Crippen LogP contribution in [-0.2, 0) is 9.59 Å². The highest BCUT2D eigenvalue weighted by molar-refractivity contribution is 9.10. The van der Waals surface area contributed by atoms with E-state index in [9.17, 15) is 14.4 Å². The fourth-order valence-corrected chi connectivity index (χ4v) is 4.14. The number of nitrogens with zero attached hydrogens (tertiary/aromatic N) is 1. The van der Waals surface area contributed by atoms with E-state index in [0.29, 0.717) is 17.2 Å². The summed E-state index contributed by atoms with van der Waals surface area (Å²) < 4.78 is 11.7. The van der Waals surface area contributed by atoms with E-state index >= 15 is 0 Å². The molecule has 1 heterocycles. The van der Waals surface area contributed by atoms with Crippen LogP contribution in [0.15, 0.2) is 51.8 Å². The van der Waals surface area contributed by atoms with Crippen molar-refractivity contribution in [2.45, 2.75) is 26.4 Å². The van der Waals surface area contributed by atoms with Gasteiger partial charge in [-0.05, 0) is 89.1 Å². The first-order chi connectivity index (χ1) is 15.3. The summed E-state index contributed by atoms with van der Waals surface area (Å²) in [6, 6.07) is 12.2. The first-order valence-electron chi connectivity index (χ1n) is 9.96. The maximum Gasteiger partial charge on any atom is 0.294 e. The maximum atomic E-state index is 12.7. The van der Waals surface area contributed by atoms with Gasteiger partial charge in [0.1, 0.15) is 18.0 Å². The quantitative estimate of drug-likeness (QED) is 0.476. The topological polar surface area (TPSA) is 84.9 Å². The van der Waals surface area contributed by atoms with Crippen molar-refractivity contribution < 1.29 is 23.9 Å². The summed E-state index contributed by atoms with van der Waals surface area (Å²) in [5.74, 6) is 0.402. The van der Waals surface area contributed by atoms with Crippen LogP contribution >= 0.6 is 27.7 Å². The van der Waals surface area contributed by atoms with Crippen molar-refractivity contribution in [3.05, 3.63) is 57.4 Å². The van der Waals surface area contributed by atoms with E-state index in [2.05, 4.69) is 21.2 Å². The summed E-state index contributed by atoms with van der Waals surface area (Å²) >= 11 is 4.29. The highest BCUT2D eigenvalue weighted by Gasteiger charge is 2.36. The van der Waals surface area contributed by atoms with Gasteiger partial charge in [-0.1, -0.05) is 13.0 Å². The van der Waals surface area contributed by atoms with E-state index in [1.165, 1.54) is 0 Å². The lowest BCUT2D eigenvalue weighted by Crippen LogP contribution is -2.36. The molecule has 0 aliphatic carbocycles. The van der Waals surface area contributed by atoms with E-state index in [1.807, 2.05) is 32.0 Å². The maximum absolute atomic E-state index is 12.7. The average molecular weight is 519 g/mol. The number of hydrogen-bond donors (Lipinski definition) is 1. The third-order valence-electron chi connectivity index (χ3n) is 4.71. The Morgan fingerprint density at radius 1 is 1.22 bits per heavy atom. The van der Waals surface area contributed by atoms with Crippen molar-refractivity contribution in [1.29, 1.82) is 0 Å². The summed E-state index contributed by atoms with van der Waals surface area (Å²) in [7, 11) is 1.55. The molecule has 0 aromatic heterocycles. The van der Waals surface area contributed by atoms with Gasteiger partial charge in [-0.15, -0.1) is 0 Å². The van der Waals surface area contributed by atoms with Crippen LogP contribution in [0, 0.1) is 0 Å². The van der Waals surface area contributed by atoms with Crippen LogP contribution in [0.25, 0.3) is 6.08 Å². The number of anilines is 1. The van der Waals surface area contributed by atoms with Gasteiger partial charge in [0.25, 0.3) is 11.1 Å². The molecule has 168 valence electrons. The number of rotatable bonds is 8. The first kappa shape index (κ1) is 23.9. The van der Waals surface area contributed by atoms with Crippen molar-refractivity contribution in [3.8, 4) is 11.5 Å². The van der Waals surface area contributed by atoms with Gasteiger partial charge in [0.15, 0.2) is 0 Å². The standard InChI is InChI=1S/C23H23BrN2O5S/c1-4-14(2)31-19-10-5-15(11-18(19)24)12-20-22(28)26(23(29)32-20)13-21(27)25-16-6-8-17(30-3)9-7-16/h5-12,14H,4,13H2,1-3H3,(H,25,27)/b20-12+/t14-/m0/s1. The average Bonchev–Trinajstić information content (AvgIpc) is 3.03. The van der Waals surface area contributed by atoms with Crippen LogP contribution in [0.5, 0.6) is 11.5 Å². The molecule has 1 aliphatic rings. The van der Waals surface area contributed by atoms with Gasteiger partial charge in [0.05, 0.1) is 22.6 Å². The molecule has 1 saturated heterocycles.